The summed E-state index contributed by atoms with van der Waals surface area (Å²) >= 11 is 0. The molecule has 2 heteroatoms. The predicted octanol–water partition coefficient (Wildman–Crippen LogP) is 3.16. The number of rotatable bonds is 3. The molecule has 0 heterocycles. The molecule has 1 atom stereocenters. The number of ether oxygens (including phenoxy) is 1. The van der Waals surface area contributed by atoms with E-state index in [-0.39, 0.29) is 11.4 Å². The molecule has 0 bridgehead atoms. The van der Waals surface area contributed by atoms with Crippen LogP contribution in [0.3, 0.4) is 0 Å². The molecule has 2 nitrogen and oxygen atoms in total. The number of Topliss-reactive ketones (excluding diaryl/α,β-unsaturated/α-hetero) is 1. The Hall–Kier alpha value is -1.67. The Bertz CT molecular complexity index is 471. The molecular formula is C15H16O2. The van der Waals surface area contributed by atoms with Gasteiger partial charge in [-0.15, -0.1) is 0 Å². The molecule has 1 aliphatic rings. The maximum absolute atomic E-state index is 12.2. The lowest BCUT2D eigenvalue weighted by atomic mass is 9.87. The van der Waals surface area contributed by atoms with E-state index in [1.165, 1.54) is 0 Å². The Morgan fingerprint density at radius 2 is 2.00 bits per heavy atom. The molecule has 0 saturated heterocycles. The summed E-state index contributed by atoms with van der Waals surface area (Å²) in [7, 11) is 1.67. The predicted molar refractivity (Wildman–Crippen MR) is 68.0 cm³/mol. The largest absolute Gasteiger partial charge is 0.374 e. The number of hydrogen-bond acceptors (Lipinski definition) is 2. The molecule has 0 N–H and O–H groups in total. The summed E-state index contributed by atoms with van der Waals surface area (Å²) in [5, 5.41) is 0. The second-order valence-electron chi connectivity index (χ2n) is 4.44. The monoisotopic (exact) mass is 228 g/mol. The van der Waals surface area contributed by atoms with E-state index in [9.17, 15) is 4.79 Å². The van der Waals surface area contributed by atoms with E-state index in [0.29, 0.717) is 6.42 Å². The van der Waals surface area contributed by atoms with Crippen LogP contribution < -0.4 is 0 Å². The molecule has 1 aliphatic carbocycles. The highest BCUT2D eigenvalue weighted by molar-refractivity contribution is 6.09. The first kappa shape index (κ1) is 11.8. The van der Waals surface area contributed by atoms with Crippen molar-refractivity contribution in [1.29, 1.82) is 0 Å². The normalized spacial score (nSPS) is 23.3. The maximum atomic E-state index is 12.2. The SMILES string of the molecule is COC1(C)C=CC=C(C(=O)c2ccccc2)C1. The van der Waals surface area contributed by atoms with Crippen LogP contribution in [-0.4, -0.2) is 18.5 Å². The number of methoxy groups -OCH3 is 1. The van der Waals surface area contributed by atoms with Crippen molar-refractivity contribution in [2.24, 2.45) is 0 Å². The topological polar surface area (TPSA) is 26.3 Å². The molecule has 0 radical (unpaired) electrons. The van der Waals surface area contributed by atoms with Crippen molar-refractivity contribution in [2.75, 3.05) is 7.11 Å². The average Bonchev–Trinajstić information content (AvgIpc) is 2.39. The zero-order valence-corrected chi connectivity index (χ0v) is 10.1. The third-order valence-corrected chi connectivity index (χ3v) is 3.08. The Balaban J connectivity index is 2.23. The summed E-state index contributed by atoms with van der Waals surface area (Å²) in [4.78, 5) is 12.2. The summed E-state index contributed by atoms with van der Waals surface area (Å²) in [5.41, 5.74) is 1.16. The quantitative estimate of drug-likeness (QED) is 0.743. The summed E-state index contributed by atoms with van der Waals surface area (Å²) < 4.78 is 5.42. The van der Waals surface area contributed by atoms with Gasteiger partial charge in [0.05, 0.1) is 5.60 Å². The molecule has 0 amide bonds. The molecular weight excluding hydrogens is 212 g/mol. The Morgan fingerprint density at radius 3 is 2.65 bits per heavy atom. The average molecular weight is 228 g/mol. The third kappa shape index (κ3) is 2.53. The minimum absolute atomic E-state index is 0.0817. The van der Waals surface area contributed by atoms with Gasteiger partial charge in [0.2, 0.25) is 0 Å². The van der Waals surface area contributed by atoms with Crippen molar-refractivity contribution in [1.82, 2.24) is 0 Å². The van der Waals surface area contributed by atoms with Crippen LogP contribution in [0.5, 0.6) is 0 Å². The summed E-state index contributed by atoms with van der Waals surface area (Å²) in [6.45, 7) is 1.98. The van der Waals surface area contributed by atoms with Crippen molar-refractivity contribution in [3.05, 3.63) is 59.7 Å². The molecule has 1 aromatic rings. The minimum Gasteiger partial charge on any atom is -0.374 e. The molecule has 17 heavy (non-hydrogen) atoms. The van der Waals surface area contributed by atoms with Crippen LogP contribution >= 0.6 is 0 Å². The fourth-order valence-electron chi connectivity index (χ4n) is 1.93. The van der Waals surface area contributed by atoms with Crippen molar-refractivity contribution >= 4 is 5.78 Å². The lowest BCUT2D eigenvalue weighted by Gasteiger charge is -2.27. The van der Waals surface area contributed by atoms with Gasteiger partial charge in [-0.1, -0.05) is 48.6 Å². The maximum Gasteiger partial charge on any atom is 0.189 e. The minimum atomic E-state index is -0.367. The van der Waals surface area contributed by atoms with Gasteiger partial charge in [0.25, 0.3) is 0 Å². The second kappa shape index (κ2) is 4.68. The van der Waals surface area contributed by atoms with Crippen molar-refractivity contribution in [3.8, 4) is 0 Å². The van der Waals surface area contributed by atoms with Crippen LogP contribution in [0.1, 0.15) is 23.7 Å². The van der Waals surface area contributed by atoms with Gasteiger partial charge in [-0.05, 0) is 6.92 Å². The van der Waals surface area contributed by atoms with Gasteiger partial charge in [-0.25, -0.2) is 0 Å². The summed E-state index contributed by atoms with van der Waals surface area (Å²) in [6, 6.07) is 9.34. The number of hydrogen-bond donors (Lipinski definition) is 0. The zero-order chi connectivity index (χ0) is 12.3. The fraction of sp³-hybridized carbons (Fsp3) is 0.267. The van der Waals surface area contributed by atoms with E-state index in [0.717, 1.165) is 11.1 Å². The van der Waals surface area contributed by atoms with Crippen molar-refractivity contribution in [2.45, 2.75) is 18.9 Å². The number of allylic oxidation sites excluding steroid dienone is 2. The Kier molecular flexibility index (Phi) is 3.25. The van der Waals surface area contributed by atoms with E-state index in [4.69, 9.17) is 4.74 Å². The highest BCUT2D eigenvalue weighted by Gasteiger charge is 2.27. The van der Waals surface area contributed by atoms with Crippen LogP contribution in [0.25, 0.3) is 0 Å². The van der Waals surface area contributed by atoms with E-state index in [1.54, 1.807) is 7.11 Å². The lowest BCUT2D eigenvalue weighted by Crippen LogP contribution is -2.28. The zero-order valence-electron chi connectivity index (χ0n) is 10.1. The highest BCUT2D eigenvalue weighted by atomic mass is 16.5. The Labute approximate surface area is 102 Å². The van der Waals surface area contributed by atoms with Gasteiger partial charge < -0.3 is 4.74 Å². The number of carbonyl (C=O) groups is 1. The van der Waals surface area contributed by atoms with Gasteiger partial charge in [-0.3, -0.25) is 4.79 Å². The van der Waals surface area contributed by atoms with Crippen LogP contribution in [0.4, 0.5) is 0 Å². The van der Waals surface area contributed by atoms with E-state index < -0.39 is 0 Å². The molecule has 0 fully saturated rings. The van der Waals surface area contributed by atoms with Gasteiger partial charge in [0.1, 0.15) is 0 Å². The van der Waals surface area contributed by atoms with E-state index >= 15 is 0 Å². The van der Waals surface area contributed by atoms with Crippen LogP contribution in [0.2, 0.25) is 0 Å². The molecule has 88 valence electrons. The van der Waals surface area contributed by atoms with Crippen LogP contribution in [-0.2, 0) is 4.74 Å². The highest BCUT2D eigenvalue weighted by Crippen LogP contribution is 2.27. The van der Waals surface area contributed by atoms with Crippen LogP contribution in [0, 0.1) is 0 Å². The molecule has 1 unspecified atom stereocenters. The first-order valence-electron chi connectivity index (χ1n) is 5.68. The first-order chi connectivity index (χ1) is 8.14. The van der Waals surface area contributed by atoms with Crippen molar-refractivity contribution in [3.63, 3.8) is 0 Å². The lowest BCUT2D eigenvalue weighted by molar-refractivity contribution is 0.0468. The van der Waals surface area contributed by atoms with Gasteiger partial charge in [-0.2, -0.15) is 0 Å². The van der Waals surface area contributed by atoms with Gasteiger partial charge >= 0.3 is 0 Å². The summed E-state index contributed by atoms with van der Waals surface area (Å²) in [5.74, 6) is 0.0817. The number of carbonyl (C=O) groups excluding carboxylic acids is 1. The van der Waals surface area contributed by atoms with Crippen molar-refractivity contribution < 1.29 is 9.53 Å². The molecule has 0 aromatic heterocycles. The van der Waals surface area contributed by atoms with Gasteiger partial charge in [0.15, 0.2) is 5.78 Å². The number of ketones is 1. The summed E-state index contributed by atoms with van der Waals surface area (Å²) in [6.07, 6.45) is 6.36. The molecule has 0 spiro atoms. The fourth-order valence-corrected chi connectivity index (χ4v) is 1.93. The molecule has 2 rings (SSSR count). The first-order valence-corrected chi connectivity index (χ1v) is 5.68. The smallest absolute Gasteiger partial charge is 0.189 e. The third-order valence-electron chi connectivity index (χ3n) is 3.08. The van der Waals surface area contributed by atoms with Gasteiger partial charge in [0, 0.05) is 24.7 Å². The molecule has 0 aliphatic heterocycles. The van der Waals surface area contributed by atoms with Crippen LogP contribution in [0.15, 0.2) is 54.1 Å². The van der Waals surface area contributed by atoms with E-state index in [2.05, 4.69) is 0 Å². The number of benzene rings is 1. The Morgan fingerprint density at radius 1 is 1.29 bits per heavy atom. The second-order valence-corrected chi connectivity index (χ2v) is 4.44. The van der Waals surface area contributed by atoms with E-state index in [1.807, 2.05) is 55.5 Å². The standard InChI is InChI=1S/C15H16O2/c1-15(17-2)10-6-9-13(11-15)14(16)12-7-4-3-5-8-12/h3-10H,11H2,1-2H3. The molecule has 0 saturated carbocycles. The molecule has 1 aromatic carbocycles.